The molecule has 0 aliphatic heterocycles. The maximum Gasteiger partial charge on any atom is 0.237 e. The average molecular weight is 523 g/mol. The van der Waals surface area contributed by atoms with Gasteiger partial charge < -0.3 is 10.5 Å². The lowest BCUT2D eigenvalue weighted by Gasteiger charge is -2.14. The number of hydrogen-bond donors (Lipinski definition) is 2. The summed E-state index contributed by atoms with van der Waals surface area (Å²) >= 11 is 0. The SMILES string of the molecule is Nc1nccc(-c2cccnc2Oc2cc(F)c(NS(=O)(=O)Cc3ccc(F)cc3F)c(F)c2F)n1. The number of aromatic nitrogens is 3. The van der Waals surface area contributed by atoms with Gasteiger partial charge >= 0.3 is 0 Å². The zero-order chi connectivity index (χ0) is 26.0. The minimum absolute atomic E-state index is 0.0808. The van der Waals surface area contributed by atoms with Crippen LogP contribution in [0.3, 0.4) is 0 Å². The van der Waals surface area contributed by atoms with Crippen LogP contribution in [0.1, 0.15) is 5.56 Å². The molecule has 14 heteroatoms. The van der Waals surface area contributed by atoms with Gasteiger partial charge in [-0.2, -0.15) is 4.39 Å². The van der Waals surface area contributed by atoms with Gasteiger partial charge in [-0.1, -0.05) is 6.07 Å². The number of halogens is 5. The second-order valence-electron chi connectivity index (χ2n) is 7.21. The molecule has 0 atom stereocenters. The summed E-state index contributed by atoms with van der Waals surface area (Å²) < 4.78 is 102. The number of nitrogens with two attached hydrogens (primary N) is 1. The summed E-state index contributed by atoms with van der Waals surface area (Å²) in [6.45, 7) is 0. The normalized spacial score (nSPS) is 11.4. The van der Waals surface area contributed by atoms with Gasteiger partial charge in [-0.25, -0.2) is 40.9 Å². The van der Waals surface area contributed by atoms with Crippen molar-refractivity contribution < 1.29 is 35.1 Å². The molecule has 0 aliphatic rings. The molecule has 2 aromatic carbocycles. The van der Waals surface area contributed by atoms with Gasteiger partial charge in [0.2, 0.25) is 27.7 Å². The molecule has 3 N–H and O–H groups in total. The summed E-state index contributed by atoms with van der Waals surface area (Å²) in [5.41, 5.74) is 4.15. The molecule has 0 bridgehead atoms. The minimum Gasteiger partial charge on any atom is -0.435 e. The molecule has 0 fully saturated rings. The van der Waals surface area contributed by atoms with E-state index in [9.17, 15) is 30.4 Å². The topological polar surface area (TPSA) is 120 Å². The van der Waals surface area contributed by atoms with Gasteiger partial charge in [0.25, 0.3) is 0 Å². The molecule has 2 heterocycles. The highest BCUT2D eigenvalue weighted by Crippen LogP contribution is 2.35. The second kappa shape index (κ2) is 9.73. The fraction of sp³-hybridized carbons (Fsp3) is 0.0455. The molecule has 0 aliphatic carbocycles. The summed E-state index contributed by atoms with van der Waals surface area (Å²) in [5.74, 6) is -9.73. The van der Waals surface area contributed by atoms with Crippen LogP contribution in [0.25, 0.3) is 11.3 Å². The van der Waals surface area contributed by atoms with Crippen molar-refractivity contribution in [1.29, 1.82) is 0 Å². The zero-order valence-corrected chi connectivity index (χ0v) is 18.7. The number of hydrogen-bond acceptors (Lipinski definition) is 7. The van der Waals surface area contributed by atoms with E-state index < -0.39 is 61.9 Å². The number of nitrogens with one attached hydrogen (secondary N) is 1. The van der Waals surface area contributed by atoms with Crippen LogP contribution >= 0.6 is 0 Å². The summed E-state index contributed by atoms with van der Waals surface area (Å²) in [5, 5.41) is 0. The number of nitrogens with zero attached hydrogens (tertiary/aromatic N) is 3. The first-order chi connectivity index (χ1) is 17.0. The molecular formula is C22H14F5N5O3S. The third kappa shape index (κ3) is 5.33. The molecule has 0 radical (unpaired) electrons. The van der Waals surface area contributed by atoms with Crippen LogP contribution in [0.4, 0.5) is 33.6 Å². The summed E-state index contributed by atoms with van der Waals surface area (Å²) in [6.07, 6.45) is 2.61. The van der Waals surface area contributed by atoms with Gasteiger partial charge in [0.05, 0.1) is 17.0 Å². The minimum atomic E-state index is -4.64. The van der Waals surface area contributed by atoms with Crippen LogP contribution in [0.15, 0.2) is 54.9 Å². The van der Waals surface area contributed by atoms with Crippen LogP contribution in [-0.2, 0) is 15.8 Å². The number of ether oxygens (including phenoxy) is 1. The highest BCUT2D eigenvalue weighted by atomic mass is 32.2. The lowest BCUT2D eigenvalue weighted by molar-refractivity contribution is 0.401. The maximum atomic E-state index is 14.8. The predicted molar refractivity (Wildman–Crippen MR) is 119 cm³/mol. The first-order valence-electron chi connectivity index (χ1n) is 9.88. The standard InChI is InChI=1S/C22H14F5N5O3S/c23-12-4-3-11(14(24)8-12)10-36(33,34)32-20-15(25)9-17(18(26)19(20)27)35-21-13(2-1-6-29-21)16-5-7-30-22(28)31-16/h1-9,32H,10H2,(H2,28,30,31). The fourth-order valence-corrected chi connectivity index (χ4v) is 4.29. The van der Waals surface area contributed by atoms with Crippen molar-refractivity contribution in [2.45, 2.75) is 5.75 Å². The number of nitrogen functional groups attached to an aromatic ring is 1. The summed E-state index contributed by atoms with van der Waals surface area (Å²) in [7, 11) is -4.64. The summed E-state index contributed by atoms with van der Waals surface area (Å²) in [6, 6.07) is 6.93. The van der Waals surface area contributed by atoms with Gasteiger partial charge in [-0.15, -0.1) is 0 Å². The highest BCUT2D eigenvalue weighted by Gasteiger charge is 2.26. The highest BCUT2D eigenvalue weighted by molar-refractivity contribution is 7.91. The van der Waals surface area contributed by atoms with Gasteiger partial charge in [0, 0.05) is 30.1 Å². The molecule has 186 valence electrons. The van der Waals surface area contributed by atoms with E-state index in [1.807, 2.05) is 0 Å². The monoisotopic (exact) mass is 523 g/mol. The lowest BCUT2D eigenvalue weighted by atomic mass is 10.2. The Morgan fingerprint density at radius 2 is 1.69 bits per heavy atom. The fourth-order valence-electron chi connectivity index (χ4n) is 3.07. The van der Waals surface area contributed by atoms with E-state index in [0.29, 0.717) is 12.1 Å². The maximum absolute atomic E-state index is 14.8. The van der Waals surface area contributed by atoms with Crippen molar-refractivity contribution in [3.05, 3.63) is 89.5 Å². The molecule has 0 saturated carbocycles. The molecule has 4 aromatic rings. The van der Waals surface area contributed by atoms with Crippen molar-refractivity contribution in [3.8, 4) is 22.9 Å². The Balaban J connectivity index is 1.64. The van der Waals surface area contributed by atoms with Crippen molar-refractivity contribution >= 4 is 21.7 Å². The molecular weight excluding hydrogens is 509 g/mol. The molecule has 0 spiro atoms. The van der Waals surface area contributed by atoms with Gasteiger partial charge in [-0.3, -0.25) is 4.72 Å². The van der Waals surface area contributed by atoms with E-state index in [0.717, 1.165) is 12.1 Å². The Bertz CT molecular complexity index is 1570. The Hall–Kier alpha value is -4.33. The van der Waals surface area contributed by atoms with Crippen LogP contribution in [-0.4, -0.2) is 23.4 Å². The Kier molecular flexibility index (Phi) is 6.70. The van der Waals surface area contributed by atoms with Gasteiger partial charge in [0.1, 0.15) is 17.3 Å². The second-order valence-corrected chi connectivity index (χ2v) is 8.94. The third-order valence-electron chi connectivity index (χ3n) is 4.67. The number of pyridine rings is 1. The predicted octanol–water partition coefficient (Wildman–Crippen LogP) is 4.55. The zero-order valence-electron chi connectivity index (χ0n) is 17.8. The largest absolute Gasteiger partial charge is 0.435 e. The lowest BCUT2D eigenvalue weighted by Crippen LogP contribution is -2.18. The molecule has 0 amide bonds. The van der Waals surface area contributed by atoms with E-state index >= 15 is 0 Å². The first-order valence-corrected chi connectivity index (χ1v) is 11.5. The van der Waals surface area contributed by atoms with E-state index in [-0.39, 0.29) is 23.1 Å². The van der Waals surface area contributed by atoms with Crippen LogP contribution in [0.5, 0.6) is 11.6 Å². The van der Waals surface area contributed by atoms with E-state index in [1.165, 1.54) is 30.6 Å². The van der Waals surface area contributed by atoms with E-state index in [4.69, 9.17) is 10.5 Å². The van der Waals surface area contributed by atoms with Gasteiger partial charge in [-0.05, 0) is 24.3 Å². The van der Waals surface area contributed by atoms with Crippen LogP contribution < -0.4 is 15.2 Å². The van der Waals surface area contributed by atoms with E-state index in [2.05, 4.69) is 15.0 Å². The third-order valence-corrected chi connectivity index (χ3v) is 5.88. The smallest absolute Gasteiger partial charge is 0.237 e. The van der Waals surface area contributed by atoms with E-state index in [1.54, 1.807) is 4.72 Å². The van der Waals surface area contributed by atoms with Crippen molar-refractivity contribution in [2.75, 3.05) is 10.5 Å². The Morgan fingerprint density at radius 1 is 0.917 bits per heavy atom. The quantitative estimate of drug-likeness (QED) is 0.269. The number of rotatable bonds is 7. The molecule has 4 rings (SSSR count). The van der Waals surface area contributed by atoms with Crippen molar-refractivity contribution in [3.63, 3.8) is 0 Å². The molecule has 36 heavy (non-hydrogen) atoms. The van der Waals surface area contributed by atoms with Crippen molar-refractivity contribution in [1.82, 2.24) is 15.0 Å². The van der Waals surface area contributed by atoms with Gasteiger partial charge in [0.15, 0.2) is 17.4 Å². The van der Waals surface area contributed by atoms with Crippen LogP contribution in [0, 0.1) is 29.1 Å². The Labute approximate surface area is 200 Å². The molecule has 8 nitrogen and oxygen atoms in total. The molecule has 2 aromatic heterocycles. The number of benzene rings is 2. The molecule has 0 saturated heterocycles. The summed E-state index contributed by atoms with van der Waals surface area (Å²) in [4.78, 5) is 11.6. The molecule has 0 unspecified atom stereocenters. The first kappa shape index (κ1) is 24.8. The van der Waals surface area contributed by atoms with Crippen LogP contribution in [0.2, 0.25) is 0 Å². The average Bonchev–Trinajstić information content (AvgIpc) is 2.82. The Morgan fingerprint density at radius 3 is 2.42 bits per heavy atom. The van der Waals surface area contributed by atoms with Crippen molar-refractivity contribution in [2.24, 2.45) is 0 Å². The number of anilines is 2. The number of sulfonamides is 1.